The number of hydrogen-bond acceptors (Lipinski definition) is 5. The number of hydrogen-bond donors (Lipinski definition) is 1. The van der Waals surface area contributed by atoms with Crippen molar-refractivity contribution in [1.29, 1.82) is 0 Å². The number of aromatic nitrogens is 2. The van der Waals surface area contributed by atoms with Gasteiger partial charge in [0, 0.05) is 41.8 Å². The van der Waals surface area contributed by atoms with E-state index in [2.05, 4.69) is 20.2 Å². The lowest BCUT2D eigenvalue weighted by Crippen LogP contribution is -2.26. The van der Waals surface area contributed by atoms with Crippen molar-refractivity contribution in [1.82, 2.24) is 14.9 Å². The Morgan fingerprint density at radius 1 is 1.30 bits per heavy atom. The molecule has 1 atom stereocenters. The van der Waals surface area contributed by atoms with Crippen molar-refractivity contribution in [2.45, 2.75) is 19.0 Å². The van der Waals surface area contributed by atoms with Crippen LogP contribution in [0.25, 0.3) is 0 Å². The van der Waals surface area contributed by atoms with Crippen molar-refractivity contribution in [3.8, 4) is 5.88 Å². The van der Waals surface area contributed by atoms with Crippen LogP contribution in [-0.2, 0) is 6.54 Å². The van der Waals surface area contributed by atoms with E-state index in [4.69, 9.17) is 27.9 Å². The van der Waals surface area contributed by atoms with E-state index in [0.717, 1.165) is 42.5 Å². The molecule has 1 aliphatic heterocycles. The Morgan fingerprint density at radius 3 is 3.00 bits per heavy atom. The van der Waals surface area contributed by atoms with Crippen molar-refractivity contribution in [2.24, 2.45) is 0 Å². The average molecular weight is 353 g/mol. The van der Waals surface area contributed by atoms with Gasteiger partial charge in [-0.3, -0.25) is 4.90 Å². The zero-order chi connectivity index (χ0) is 16.2. The molecule has 1 fully saturated rings. The molecule has 0 radical (unpaired) electrons. The first-order valence-corrected chi connectivity index (χ1v) is 8.18. The third-order valence-corrected chi connectivity index (χ3v) is 4.48. The fraction of sp³-hybridized carbons (Fsp3) is 0.375. The van der Waals surface area contributed by atoms with Crippen molar-refractivity contribution >= 4 is 29.0 Å². The van der Waals surface area contributed by atoms with Crippen molar-refractivity contribution < 1.29 is 4.74 Å². The van der Waals surface area contributed by atoms with Crippen molar-refractivity contribution in [3.63, 3.8) is 0 Å². The maximum absolute atomic E-state index is 6.24. The number of benzene rings is 1. The van der Waals surface area contributed by atoms with E-state index in [0.29, 0.717) is 16.9 Å². The lowest BCUT2D eigenvalue weighted by molar-refractivity contribution is 0.328. The Hall–Kier alpha value is -1.56. The number of ether oxygens (including phenoxy) is 1. The second-order valence-electron chi connectivity index (χ2n) is 5.55. The van der Waals surface area contributed by atoms with Crippen LogP contribution >= 0.6 is 23.2 Å². The summed E-state index contributed by atoms with van der Waals surface area (Å²) in [7, 11) is 1.60. The van der Waals surface area contributed by atoms with Gasteiger partial charge in [0.15, 0.2) is 0 Å². The van der Waals surface area contributed by atoms with Crippen LogP contribution in [0.5, 0.6) is 5.88 Å². The number of nitrogens with zero attached hydrogens (tertiary/aromatic N) is 3. The van der Waals surface area contributed by atoms with Gasteiger partial charge in [-0.1, -0.05) is 23.2 Å². The highest BCUT2D eigenvalue weighted by Gasteiger charge is 2.23. The first-order valence-electron chi connectivity index (χ1n) is 7.43. The number of halogens is 2. The molecular weight excluding hydrogens is 335 g/mol. The van der Waals surface area contributed by atoms with Gasteiger partial charge in [0.1, 0.15) is 12.1 Å². The molecule has 1 aromatic carbocycles. The zero-order valence-corrected chi connectivity index (χ0v) is 14.3. The average Bonchev–Trinajstić information content (AvgIpc) is 2.98. The van der Waals surface area contributed by atoms with Gasteiger partial charge in [-0.15, -0.1) is 0 Å². The summed E-state index contributed by atoms with van der Waals surface area (Å²) in [5.41, 5.74) is 1.06. The molecule has 2 aromatic rings. The minimum atomic E-state index is 0.340. The van der Waals surface area contributed by atoms with Gasteiger partial charge in [0.25, 0.3) is 0 Å². The Kier molecular flexibility index (Phi) is 5.20. The second kappa shape index (κ2) is 7.34. The van der Waals surface area contributed by atoms with Gasteiger partial charge < -0.3 is 10.1 Å². The van der Waals surface area contributed by atoms with Crippen molar-refractivity contribution in [3.05, 3.63) is 46.2 Å². The molecule has 0 amide bonds. The zero-order valence-electron chi connectivity index (χ0n) is 12.8. The number of anilines is 1. The first-order chi connectivity index (χ1) is 11.1. The molecule has 5 nitrogen and oxygen atoms in total. The van der Waals surface area contributed by atoms with Crippen LogP contribution in [0.3, 0.4) is 0 Å². The second-order valence-corrected chi connectivity index (χ2v) is 6.39. The number of rotatable bonds is 5. The lowest BCUT2D eigenvalue weighted by atomic mass is 10.2. The Morgan fingerprint density at radius 2 is 2.17 bits per heavy atom. The van der Waals surface area contributed by atoms with E-state index < -0.39 is 0 Å². The summed E-state index contributed by atoms with van der Waals surface area (Å²) >= 11 is 12.3. The first kappa shape index (κ1) is 16.3. The predicted molar refractivity (Wildman–Crippen MR) is 92.4 cm³/mol. The molecule has 0 saturated carbocycles. The van der Waals surface area contributed by atoms with Gasteiger partial charge in [-0.05, 0) is 30.2 Å². The van der Waals surface area contributed by atoms with E-state index in [1.807, 2.05) is 18.2 Å². The van der Waals surface area contributed by atoms with E-state index in [1.54, 1.807) is 13.2 Å². The normalized spacial score (nSPS) is 18.1. The van der Waals surface area contributed by atoms with E-state index in [1.165, 1.54) is 6.33 Å². The molecule has 122 valence electrons. The fourth-order valence-electron chi connectivity index (χ4n) is 2.74. The molecule has 1 saturated heterocycles. The molecule has 1 unspecified atom stereocenters. The topological polar surface area (TPSA) is 50.3 Å². The van der Waals surface area contributed by atoms with Gasteiger partial charge in [-0.25, -0.2) is 9.97 Å². The number of likely N-dealkylation sites (tertiary alicyclic amines) is 1. The maximum atomic E-state index is 6.24. The van der Waals surface area contributed by atoms with Gasteiger partial charge >= 0.3 is 0 Å². The molecule has 2 heterocycles. The molecule has 1 aliphatic rings. The molecular formula is C16H18Cl2N4O. The van der Waals surface area contributed by atoms with Gasteiger partial charge in [0.2, 0.25) is 5.88 Å². The standard InChI is InChI=1S/C16H18Cl2N4O/c1-23-16-7-15(19-10-20-16)21-13-4-5-22(9-13)8-11-6-12(17)2-3-14(11)18/h2-3,6-7,10,13H,4-5,8-9H2,1H3,(H,19,20,21). The fourth-order valence-corrected chi connectivity index (χ4v) is 3.11. The molecule has 0 bridgehead atoms. The van der Waals surface area contributed by atoms with Gasteiger partial charge in [0.05, 0.1) is 7.11 Å². The van der Waals surface area contributed by atoms with Crippen LogP contribution in [0.4, 0.5) is 5.82 Å². The minimum absolute atomic E-state index is 0.340. The maximum Gasteiger partial charge on any atom is 0.218 e. The highest BCUT2D eigenvalue weighted by atomic mass is 35.5. The van der Waals surface area contributed by atoms with Gasteiger partial charge in [-0.2, -0.15) is 0 Å². The summed E-state index contributed by atoms with van der Waals surface area (Å²) in [4.78, 5) is 10.6. The number of nitrogens with one attached hydrogen (secondary N) is 1. The van der Waals surface area contributed by atoms with Crippen LogP contribution in [0.1, 0.15) is 12.0 Å². The Labute approximate surface area is 145 Å². The lowest BCUT2D eigenvalue weighted by Gasteiger charge is -2.18. The quantitative estimate of drug-likeness (QED) is 0.892. The Balaban J connectivity index is 1.59. The summed E-state index contributed by atoms with van der Waals surface area (Å²) in [5, 5.41) is 4.90. The molecule has 1 aromatic heterocycles. The summed E-state index contributed by atoms with van der Waals surface area (Å²) in [6, 6.07) is 7.73. The highest BCUT2D eigenvalue weighted by molar-refractivity contribution is 6.33. The third-order valence-electron chi connectivity index (χ3n) is 3.88. The molecule has 0 spiro atoms. The molecule has 1 N–H and O–H groups in total. The van der Waals surface area contributed by atoms with E-state index in [-0.39, 0.29) is 0 Å². The minimum Gasteiger partial charge on any atom is -0.481 e. The Bertz CT molecular complexity index is 683. The van der Waals surface area contributed by atoms with Crippen LogP contribution in [-0.4, -0.2) is 41.1 Å². The SMILES string of the molecule is COc1cc(NC2CCN(Cc3cc(Cl)ccc3Cl)C2)ncn1. The van der Waals surface area contributed by atoms with Crippen LogP contribution in [0, 0.1) is 0 Å². The van der Waals surface area contributed by atoms with Crippen molar-refractivity contribution in [2.75, 3.05) is 25.5 Å². The summed E-state index contributed by atoms with van der Waals surface area (Å²) < 4.78 is 5.12. The van der Waals surface area contributed by atoms with Crippen LogP contribution < -0.4 is 10.1 Å². The molecule has 23 heavy (non-hydrogen) atoms. The van der Waals surface area contributed by atoms with Crippen LogP contribution in [0.15, 0.2) is 30.6 Å². The highest BCUT2D eigenvalue weighted by Crippen LogP contribution is 2.24. The predicted octanol–water partition coefficient (Wildman–Crippen LogP) is 3.48. The van der Waals surface area contributed by atoms with E-state index >= 15 is 0 Å². The number of methoxy groups -OCH3 is 1. The third kappa shape index (κ3) is 4.25. The summed E-state index contributed by atoms with van der Waals surface area (Å²) in [5.74, 6) is 1.34. The van der Waals surface area contributed by atoms with E-state index in [9.17, 15) is 0 Å². The molecule has 7 heteroatoms. The monoisotopic (exact) mass is 352 g/mol. The summed E-state index contributed by atoms with van der Waals surface area (Å²) in [6.07, 6.45) is 2.55. The summed E-state index contributed by atoms with van der Waals surface area (Å²) in [6.45, 7) is 2.72. The smallest absolute Gasteiger partial charge is 0.218 e. The van der Waals surface area contributed by atoms with Crippen LogP contribution in [0.2, 0.25) is 10.0 Å². The molecule has 3 rings (SSSR count). The largest absolute Gasteiger partial charge is 0.481 e. The molecule has 0 aliphatic carbocycles.